The van der Waals surface area contributed by atoms with Gasteiger partial charge in [-0.1, -0.05) is 208 Å². The largest absolute Gasteiger partial charge is 0.462 e. The summed E-state index contributed by atoms with van der Waals surface area (Å²) in [4.78, 5) is 37.6. The lowest BCUT2D eigenvalue weighted by Crippen LogP contribution is -2.30. The minimum absolute atomic E-state index is 0.0664. The molecular weight excluding hydrogens is 648 g/mol. The van der Waals surface area contributed by atoms with Crippen LogP contribution in [0.15, 0.2) is 0 Å². The quantitative estimate of drug-likeness (QED) is 0.0354. The Morgan fingerprint density at radius 3 is 1.10 bits per heavy atom. The van der Waals surface area contributed by atoms with Crippen molar-refractivity contribution in [3.63, 3.8) is 0 Å². The van der Waals surface area contributed by atoms with Gasteiger partial charge >= 0.3 is 17.9 Å². The van der Waals surface area contributed by atoms with Crippen LogP contribution in [0.2, 0.25) is 0 Å². The third kappa shape index (κ3) is 38.1. The molecule has 0 aliphatic carbocycles. The molecule has 1 unspecified atom stereocenters. The number of unbranched alkanes of at least 4 members (excludes halogenated alkanes) is 24. The van der Waals surface area contributed by atoms with Gasteiger partial charge in [-0.2, -0.15) is 0 Å². The summed E-state index contributed by atoms with van der Waals surface area (Å²) in [6.45, 7) is 11.2. The second kappa shape index (κ2) is 39.1. The monoisotopic (exact) mass is 737 g/mol. The summed E-state index contributed by atoms with van der Waals surface area (Å²) in [5.41, 5.74) is 0. The SMILES string of the molecule is CCCCCCCCCCCCCCCCCC(=O)OC[C@@H](COC(=O)CCCCCCCCC(C)CC)OC(=O)CCCCCCCCC(C)C. The highest BCUT2D eigenvalue weighted by atomic mass is 16.6. The molecule has 2 atom stereocenters. The van der Waals surface area contributed by atoms with E-state index in [4.69, 9.17) is 14.2 Å². The summed E-state index contributed by atoms with van der Waals surface area (Å²) in [5, 5.41) is 0. The molecule has 6 heteroatoms. The van der Waals surface area contributed by atoms with Gasteiger partial charge in [-0.15, -0.1) is 0 Å². The summed E-state index contributed by atoms with van der Waals surface area (Å²) in [6.07, 6.45) is 36.7. The van der Waals surface area contributed by atoms with E-state index in [9.17, 15) is 14.4 Å². The van der Waals surface area contributed by atoms with Crippen LogP contribution < -0.4 is 0 Å². The van der Waals surface area contributed by atoms with Crippen molar-refractivity contribution in [2.45, 2.75) is 253 Å². The van der Waals surface area contributed by atoms with Crippen LogP contribution in [0.25, 0.3) is 0 Å². The number of hydrogen-bond donors (Lipinski definition) is 0. The van der Waals surface area contributed by atoms with Crippen molar-refractivity contribution in [2.24, 2.45) is 11.8 Å². The van der Waals surface area contributed by atoms with Gasteiger partial charge in [0.1, 0.15) is 13.2 Å². The third-order valence-corrected chi connectivity index (χ3v) is 10.6. The van der Waals surface area contributed by atoms with Crippen molar-refractivity contribution < 1.29 is 28.6 Å². The van der Waals surface area contributed by atoms with E-state index in [-0.39, 0.29) is 31.1 Å². The molecule has 0 aliphatic heterocycles. The molecule has 52 heavy (non-hydrogen) atoms. The molecule has 0 spiro atoms. The predicted molar refractivity (Wildman–Crippen MR) is 220 cm³/mol. The molecule has 308 valence electrons. The second-order valence-corrected chi connectivity index (χ2v) is 16.4. The van der Waals surface area contributed by atoms with Crippen LogP contribution in [0.1, 0.15) is 247 Å². The van der Waals surface area contributed by atoms with Gasteiger partial charge < -0.3 is 14.2 Å². The normalized spacial score (nSPS) is 12.6. The van der Waals surface area contributed by atoms with Gasteiger partial charge in [0.05, 0.1) is 0 Å². The highest BCUT2D eigenvalue weighted by Crippen LogP contribution is 2.17. The first-order valence-corrected chi connectivity index (χ1v) is 22.8. The lowest BCUT2D eigenvalue weighted by Gasteiger charge is -2.18. The lowest BCUT2D eigenvalue weighted by molar-refractivity contribution is -0.167. The Hall–Kier alpha value is -1.59. The number of ether oxygens (including phenoxy) is 3. The molecule has 0 bridgehead atoms. The van der Waals surface area contributed by atoms with Gasteiger partial charge in [0, 0.05) is 19.3 Å². The Morgan fingerprint density at radius 2 is 0.731 bits per heavy atom. The first-order valence-electron chi connectivity index (χ1n) is 22.8. The summed E-state index contributed by atoms with van der Waals surface area (Å²) in [7, 11) is 0. The average Bonchev–Trinajstić information content (AvgIpc) is 3.12. The van der Waals surface area contributed by atoms with E-state index in [1.807, 2.05) is 0 Å². The highest BCUT2D eigenvalue weighted by molar-refractivity contribution is 5.71. The van der Waals surface area contributed by atoms with Crippen LogP contribution in [0.3, 0.4) is 0 Å². The fourth-order valence-electron chi connectivity index (χ4n) is 6.72. The summed E-state index contributed by atoms with van der Waals surface area (Å²) < 4.78 is 16.7. The van der Waals surface area contributed by atoms with E-state index in [1.165, 1.54) is 135 Å². The summed E-state index contributed by atoms with van der Waals surface area (Å²) in [5.74, 6) is 0.708. The van der Waals surface area contributed by atoms with Gasteiger partial charge in [0.2, 0.25) is 0 Å². The zero-order valence-corrected chi connectivity index (χ0v) is 35.4. The van der Waals surface area contributed by atoms with Gasteiger partial charge in [0.15, 0.2) is 6.10 Å². The Balaban J connectivity index is 4.29. The van der Waals surface area contributed by atoms with Crippen molar-refractivity contribution in [3.8, 4) is 0 Å². The van der Waals surface area contributed by atoms with Crippen LogP contribution in [-0.2, 0) is 28.6 Å². The van der Waals surface area contributed by atoms with Gasteiger partial charge in [0.25, 0.3) is 0 Å². The number of rotatable bonds is 40. The maximum absolute atomic E-state index is 12.7. The fourth-order valence-corrected chi connectivity index (χ4v) is 6.72. The molecule has 0 rings (SSSR count). The Morgan fingerprint density at radius 1 is 0.404 bits per heavy atom. The van der Waals surface area contributed by atoms with Crippen LogP contribution in [0, 0.1) is 11.8 Å². The van der Waals surface area contributed by atoms with E-state index < -0.39 is 6.10 Å². The van der Waals surface area contributed by atoms with E-state index >= 15 is 0 Å². The fraction of sp³-hybridized carbons (Fsp3) is 0.935. The number of carbonyl (C=O) groups excluding carboxylic acids is 3. The Kier molecular flexibility index (Phi) is 37.9. The molecule has 6 nitrogen and oxygen atoms in total. The minimum atomic E-state index is -0.761. The minimum Gasteiger partial charge on any atom is -0.462 e. The molecular formula is C46H88O6. The van der Waals surface area contributed by atoms with Crippen molar-refractivity contribution >= 4 is 17.9 Å². The number of carbonyl (C=O) groups is 3. The van der Waals surface area contributed by atoms with Gasteiger partial charge in [-0.25, -0.2) is 0 Å². The lowest BCUT2D eigenvalue weighted by atomic mass is 10.00. The van der Waals surface area contributed by atoms with Crippen molar-refractivity contribution in [2.75, 3.05) is 13.2 Å². The first-order chi connectivity index (χ1) is 25.3. The summed E-state index contributed by atoms with van der Waals surface area (Å²) >= 11 is 0. The topological polar surface area (TPSA) is 78.9 Å². The van der Waals surface area contributed by atoms with E-state index in [0.717, 1.165) is 69.6 Å². The molecule has 0 saturated heterocycles. The molecule has 0 aromatic carbocycles. The van der Waals surface area contributed by atoms with Gasteiger partial charge in [-0.3, -0.25) is 14.4 Å². The third-order valence-electron chi connectivity index (χ3n) is 10.6. The molecule has 0 aromatic rings. The highest BCUT2D eigenvalue weighted by Gasteiger charge is 2.19. The molecule has 0 radical (unpaired) electrons. The first kappa shape index (κ1) is 50.4. The van der Waals surface area contributed by atoms with E-state index in [2.05, 4.69) is 34.6 Å². The zero-order chi connectivity index (χ0) is 38.3. The van der Waals surface area contributed by atoms with Crippen LogP contribution in [0.4, 0.5) is 0 Å². The number of hydrogen-bond acceptors (Lipinski definition) is 6. The number of esters is 3. The summed E-state index contributed by atoms with van der Waals surface area (Å²) in [6, 6.07) is 0. The standard InChI is InChI=1S/C46H88O6/c1-6-8-9-10-11-12-13-14-15-16-17-18-19-26-31-36-44(47)50-39-43(52-46(49)38-33-28-22-20-24-29-34-41(3)4)40-51-45(48)37-32-27-23-21-25-30-35-42(5)7-2/h41-43H,6-40H2,1-5H3/t42?,43-/m0/s1. The predicted octanol–water partition coefficient (Wildman–Crippen LogP) is 14.2. The van der Waals surface area contributed by atoms with Crippen molar-refractivity contribution in [1.29, 1.82) is 0 Å². The maximum atomic E-state index is 12.7. The van der Waals surface area contributed by atoms with Crippen molar-refractivity contribution in [3.05, 3.63) is 0 Å². The Bertz CT molecular complexity index is 796. The molecule has 0 amide bonds. The molecule has 0 heterocycles. The molecule has 0 aromatic heterocycles. The molecule has 0 fully saturated rings. The zero-order valence-electron chi connectivity index (χ0n) is 35.4. The van der Waals surface area contributed by atoms with Crippen LogP contribution >= 0.6 is 0 Å². The van der Waals surface area contributed by atoms with Gasteiger partial charge in [-0.05, 0) is 31.1 Å². The van der Waals surface area contributed by atoms with Crippen LogP contribution in [0.5, 0.6) is 0 Å². The van der Waals surface area contributed by atoms with E-state index in [1.54, 1.807) is 0 Å². The molecule has 0 saturated carbocycles. The van der Waals surface area contributed by atoms with E-state index in [0.29, 0.717) is 19.3 Å². The molecule has 0 N–H and O–H groups in total. The maximum Gasteiger partial charge on any atom is 0.306 e. The smallest absolute Gasteiger partial charge is 0.306 e. The second-order valence-electron chi connectivity index (χ2n) is 16.4. The molecule has 0 aliphatic rings. The average molecular weight is 737 g/mol. The van der Waals surface area contributed by atoms with Crippen molar-refractivity contribution in [1.82, 2.24) is 0 Å². The van der Waals surface area contributed by atoms with Crippen LogP contribution in [-0.4, -0.2) is 37.2 Å². The Labute approximate surface area is 323 Å².